The Morgan fingerprint density at radius 1 is 1.57 bits per heavy atom. The van der Waals surface area contributed by atoms with E-state index in [0.29, 0.717) is 11.2 Å². The van der Waals surface area contributed by atoms with E-state index in [2.05, 4.69) is 22.5 Å². The van der Waals surface area contributed by atoms with Crippen molar-refractivity contribution in [2.45, 2.75) is 25.8 Å². The molecule has 2 atom stereocenters. The molecular formula is C14H18ClN3O2S. The molecule has 0 unspecified atom stereocenters. The van der Waals surface area contributed by atoms with E-state index < -0.39 is 0 Å². The molecule has 2 N–H and O–H groups in total. The van der Waals surface area contributed by atoms with Crippen LogP contribution < -0.4 is 10.6 Å². The highest BCUT2D eigenvalue weighted by atomic mass is 35.5. The van der Waals surface area contributed by atoms with E-state index in [1.807, 2.05) is 17.5 Å². The Labute approximate surface area is 133 Å². The Hall–Kier alpha value is -1.37. The normalized spacial score (nSPS) is 21.6. The smallest absolute Gasteiger partial charge is 0.229 e. The molecule has 0 bridgehead atoms. The van der Waals surface area contributed by atoms with Gasteiger partial charge in [-0.2, -0.15) is 0 Å². The Balaban J connectivity index is 0.00000161. The van der Waals surface area contributed by atoms with Gasteiger partial charge in [0.1, 0.15) is 5.69 Å². The van der Waals surface area contributed by atoms with Gasteiger partial charge in [-0.05, 0) is 38.4 Å². The van der Waals surface area contributed by atoms with Crippen LogP contribution in [0, 0.1) is 5.92 Å². The molecule has 0 aromatic carbocycles. The van der Waals surface area contributed by atoms with Crippen molar-refractivity contribution in [1.82, 2.24) is 10.3 Å². The molecule has 1 aliphatic heterocycles. The first kappa shape index (κ1) is 16.0. The first-order valence-electron chi connectivity index (χ1n) is 6.76. The maximum Gasteiger partial charge on any atom is 0.229 e. The number of nitrogens with one attached hydrogen (secondary N) is 2. The molecule has 2 aromatic heterocycles. The Morgan fingerprint density at radius 3 is 3.14 bits per heavy atom. The highest BCUT2D eigenvalue weighted by Crippen LogP contribution is 2.26. The number of halogens is 1. The largest absolute Gasteiger partial charge is 0.463 e. The maximum absolute atomic E-state index is 12.2. The number of hydrogen-bond donors (Lipinski definition) is 2. The van der Waals surface area contributed by atoms with E-state index in [9.17, 15) is 4.79 Å². The van der Waals surface area contributed by atoms with E-state index in [0.717, 1.165) is 30.8 Å². The maximum atomic E-state index is 12.2. The first-order chi connectivity index (χ1) is 9.72. The molecule has 0 saturated carbocycles. The lowest BCUT2D eigenvalue weighted by molar-refractivity contribution is -0.120. The lowest BCUT2D eigenvalue weighted by Crippen LogP contribution is -2.40. The van der Waals surface area contributed by atoms with Crippen LogP contribution in [0.3, 0.4) is 0 Å². The molecule has 1 aliphatic rings. The molecule has 3 rings (SSSR count). The third-order valence-electron chi connectivity index (χ3n) is 3.50. The van der Waals surface area contributed by atoms with Gasteiger partial charge in [0.05, 0.1) is 6.26 Å². The molecule has 0 radical (unpaired) electrons. The fourth-order valence-corrected chi connectivity index (χ4v) is 3.15. The summed E-state index contributed by atoms with van der Waals surface area (Å²) in [5.74, 6) is 0.859. The average Bonchev–Trinajstić information content (AvgIpc) is 3.08. The highest BCUT2D eigenvalue weighted by molar-refractivity contribution is 7.14. The minimum absolute atomic E-state index is 0. The topological polar surface area (TPSA) is 67.2 Å². The summed E-state index contributed by atoms with van der Waals surface area (Å²) < 4.78 is 5.29. The van der Waals surface area contributed by atoms with Gasteiger partial charge in [0, 0.05) is 17.3 Å². The second-order valence-corrected chi connectivity index (χ2v) is 5.94. The van der Waals surface area contributed by atoms with Crippen LogP contribution in [-0.2, 0) is 4.79 Å². The van der Waals surface area contributed by atoms with Gasteiger partial charge < -0.3 is 15.1 Å². The van der Waals surface area contributed by atoms with Crippen molar-refractivity contribution in [2.75, 3.05) is 11.9 Å². The van der Waals surface area contributed by atoms with E-state index in [-0.39, 0.29) is 24.2 Å². The van der Waals surface area contributed by atoms with Crippen LogP contribution in [0.5, 0.6) is 0 Å². The average molecular weight is 328 g/mol. The number of furan rings is 1. The van der Waals surface area contributed by atoms with Gasteiger partial charge in [0.2, 0.25) is 5.91 Å². The van der Waals surface area contributed by atoms with Crippen molar-refractivity contribution in [1.29, 1.82) is 0 Å². The standard InChI is InChI=1S/C14H17N3O2S.ClH/c1-9-7-10(4-5-15-9)13(18)17-14-16-11(8-20-14)12-3-2-6-19-12;/h2-3,6,8-10,15H,4-5,7H2,1H3,(H,16,17,18);1H/t9-,10-;/m0./s1. The van der Waals surface area contributed by atoms with Crippen LogP contribution in [0.2, 0.25) is 0 Å². The highest BCUT2D eigenvalue weighted by Gasteiger charge is 2.25. The quantitative estimate of drug-likeness (QED) is 0.908. The van der Waals surface area contributed by atoms with Crippen molar-refractivity contribution < 1.29 is 9.21 Å². The van der Waals surface area contributed by atoms with Gasteiger partial charge >= 0.3 is 0 Å². The number of aromatic nitrogens is 1. The monoisotopic (exact) mass is 327 g/mol. The minimum atomic E-state index is 0. The van der Waals surface area contributed by atoms with Crippen LogP contribution in [0.25, 0.3) is 11.5 Å². The van der Waals surface area contributed by atoms with Gasteiger partial charge in [-0.1, -0.05) is 0 Å². The molecular weight excluding hydrogens is 310 g/mol. The van der Waals surface area contributed by atoms with Crippen LogP contribution in [0.15, 0.2) is 28.2 Å². The molecule has 5 nitrogen and oxygen atoms in total. The number of rotatable bonds is 3. The molecule has 0 aliphatic carbocycles. The number of thiazole rings is 1. The molecule has 3 heterocycles. The summed E-state index contributed by atoms with van der Waals surface area (Å²) in [6.07, 6.45) is 3.37. The SMILES string of the molecule is C[C@H]1C[C@@H](C(=O)Nc2nc(-c3ccco3)cs2)CCN1.Cl. The Bertz CT molecular complexity index is 585. The van der Waals surface area contributed by atoms with E-state index in [1.54, 1.807) is 6.26 Å². The molecule has 7 heteroatoms. The van der Waals surface area contributed by atoms with Gasteiger partial charge in [-0.3, -0.25) is 4.79 Å². The van der Waals surface area contributed by atoms with Crippen LogP contribution in [0.1, 0.15) is 19.8 Å². The van der Waals surface area contributed by atoms with Gasteiger partial charge in [0.15, 0.2) is 10.9 Å². The predicted octanol–water partition coefficient (Wildman–Crippen LogP) is 3.15. The van der Waals surface area contributed by atoms with Crippen molar-refractivity contribution in [3.63, 3.8) is 0 Å². The van der Waals surface area contributed by atoms with Gasteiger partial charge in [-0.25, -0.2) is 4.98 Å². The van der Waals surface area contributed by atoms with Crippen molar-refractivity contribution >= 4 is 34.8 Å². The molecule has 21 heavy (non-hydrogen) atoms. The van der Waals surface area contributed by atoms with Crippen molar-refractivity contribution in [3.8, 4) is 11.5 Å². The van der Waals surface area contributed by atoms with Crippen LogP contribution in [0.4, 0.5) is 5.13 Å². The van der Waals surface area contributed by atoms with E-state index in [1.165, 1.54) is 11.3 Å². The predicted molar refractivity (Wildman–Crippen MR) is 85.9 cm³/mol. The summed E-state index contributed by atoms with van der Waals surface area (Å²) in [7, 11) is 0. The van der Waals surface area contributed by atoms with E-state index in [4.69, 9.17) is 4.42 Å². The zero-order chi connectivity index (χ0) is 13.9. The zero-order valence-electron chi connectivity index (χ0n) is 11.7. The minimum Gasteiger partial charge on any atom is -0.463 e. The van der Waals surface area contributed by atoms with Crippen LogP contribution >= 0.6 is 23.7 Å². The number of nitrogens with zero attached hydrogens (tertiary/aromatic N) is 1. The molecule has 1 saturated heterocycles. The number of amides is 1. The third-order valence-corrected chi connectivity index (χ3v) is 4.26. The van der Waals surface area contributed by atoms with Gasteiger partial charge in [0.25, 0.3) is 0 Å². The Kier molecular flexibility index (Phi) is 5.39. The summed E-state index contributed by atoms with van der Waals surface area (Å²) in [6.45, 7) is 3.01. The fraction of sp³-hybridized carbons (Fsp3) is 0.429. The zero-order valence-corrected chi connectivity index (χ0v) is 13.3. The number of carbonyl (C=O) groups is 1. The lowest BCUT2D eigenvalue weighted by atomic mass is 9.93. The van der Waals surface area contributed by atoms with Crippen molar-refractivity contribution in [3.05, 3.63) is 23.8 Å². The van der Waals surface area contributed by atoms with Gasteiger partial charge in [-0.15, -0.1) is 23.7 Å². The van der Waals surface area contributed by atoms with E-state index >= 15 is 0 Å². The first-order valence-corrected chi connectivity index (χ1v) is 7.64. The summed E-state index contributed by atoms with van der Waals surface area (Å²) in [4.78, 5) is 16.6. The summed E-state index contributed by atoms with van der Waals surface area (Å²) >= 11 is 1.42. The summed E-state index contributed by atoms with van der Waals surface area (Å²) in [5.41, 5.74) is 0.758. The lowest BCUT2D eigenvalue weighted by Gasteiger charge is -2.26. The molecule has 2 aromatic rings. The molecule has 1 amide bonds. The molecule has 0 spiro atoms. The fourth-order valence-electron chi connectivity index (χ4n) is 2.45. The second kappa shape index (κ2) is 7.06. The molecule has 1 fully saturated rings. The third kappa shape index (κ3) is 3.84. The Morgan fingerprint density at radius 2 is 2.43 bits per heavy atom. The number of anilines is 1. The molecule has 114 valence electrons. The summed E-state index contributed by atoms with van der Waals surface area (Å²) in [5, 5.41) is 8.78. The number of piperidine rings is 1. The second-order valence-electron chi connectivity index (χ2n) is 5.08. The van der Waals surface area contributed by atoms with Crippen molar-refractivity contribution in [2.24, 2.45) is 5.92 Å². The van der Waals surface area contributed by atoms with Crippen LogP contribution in [-0.4, -0.2) is 23.5 Å². The number of hydrogen-bond acceptors (Lipinski definition) is 5. The number of carbonyl (C=O) groups excluding carboxylic acids is 1. The summed E-state index contributed by atoms with van der Waals surface area (Å²) in [6, 6.07) is 4.08.